The number of carbonyl (C=O) groups is 2. The molecule has 5 aromatic rings. The second kappa shape index (κ2) is 12.5. The fourth-order valence-electron chi connectivity index (χ4n) is 6.00. The maximum absolute atomic E-state index is 12.7. The number of fused-ring (bicyclic) bond motifs is 1. The molecule has 44 heavy (non-hydrogen) atoms. The zero-order valence-corrected chi connectivity index (χ0v) is 25.6. The number of aromatic carboxylic acids is 1. The lowest BCUT2D eigenvalue weighted by atomic mass is 9.95. The average Bonchev–Trinajstić information content (AvgIpc) is 3.43. The summed E-state index contributed by atoms with van der Waals surface area (Å²) in [6.07, 6.45) is 5.74. The summed E-state index contributed by atoms with van der Waals surface area (Å²) in [5, 5.41) is 10.2. The Morgan fingerprint density at radius 2 is 1.57 bits per heavy atom. The molecule has 0 bridgehead atoms. The molecule has 1 N–H and O–H groups in total. The Hall–Kier alpha value is -4.62. The number of benzene rings is 4. The highest BCUT2D eigenvalue weighted by Crippen LogP contribution is 2.37. The highest BCUT2D eigenvalue weighted by Gasteiger charge is 2.23. The number of ether oxygens (including phenoxy) is 1. The van der Waals surface area contributed by atoms with Crippen LogP contribution < -0.4 is 4.74 Å². The van der Waals surface area contributed by atoms with Crippen molar-refractivity contribution in [3.05, 3.63) is 107 Å². The quantitative estimate of drug-likeness (QED) is 0.191. The van der Waals surface area contributed by atoms with Crippen LogP contribution in [0.15, 0.2) is 84.9 Å². The van der Waals surface area contributed by atoms with Gasteiger partial charge < -0.3 is 19.3 Å². The lowest BCUT2D eigenvalue weighted by molar-refractivity contribution is 0.0696. The molecule has 1 aromatic heterocycles. The van der Waals surface area contributed by atoms with Gasteiger partial charge in [0.1, 0.15) is 18.2 Å². The van der Waals surface area contributed by atoms with Gasteiger partial charge in [-0.1, -0.05) is 49.1 Å². The fourth-order valence-corrected chi connectivity index (χ4v) is 6.12. The number of rotatable bonds is 8. The Morgan fingerprint density at radius 3 is 2.25 bits per heavy atom. The summed E-state index contributed by atoms with van der Waals surface area (Å²) in [5.74, 6) is 0.520. The molecule has 1 fully saturated rings. The van der Waals surface area contributed by atoms with Crippen LogP contribution in [0.25, 0.3) is 33.5 Å². The minimum Gasteiger partial charge on any atom is -0.489 e. The maximum Gasteiger partial charge on any atom is 0.335 e. The molecule has 1 saturated carbocycles. The lowest BCUT2D eigenvalue weighted by Gasteiger charge is -2.25. The predicted octanol–water partition coefficient (Wildman–Crippen LogP) is 8.51. The number of amides is 1. The number of hydrogen-bond donors (Lipinski definition) is 1. The van der Waals surface area contributed by atoms with Crippen LogP contribution in [0.3, 0.4) is 0 Å². The summed E-state index contributed by atoms with van der Waals surface area (Å²) in [4.78, 5) is 30.8. The van der Waals surface area contributed by atoms with E-state index in [1.54, 1.807) is 31.1 Å². The minimum atomic E-state index is -0.958. The number of halogens is 1. The van der Waals surface area contributed by atoms with Crippen molar-refractivity contribution in [2.75, 3.05) is 14.1 Å². The summed E-state index contributed by atoms with van der Waals surface area (Å²) >= 11 is 6.14. The zero-order valence-electron chi connectivity index (χ0n) is 24.8. The smallest absolute Gasteiger partial charge is 0.335 e. The molecule has 224 valence electrons. The summed E-state index contributed by atoms with van der Waals surface area (Å²) in [7, 11) is 3.48. The van der Waals surface area contributed by atoms with E-state index in [4.69, 9.17) is 21.3 Å². The standard InChI is InChI=1S/C36H34ClN3O4/c1-39(2)35(41)25-8-9-27(31(20-25)23-10-15-28(37)16-11-23)22-44-30-17-12-24(13-18-30)34-38-32-21-26(36(42)43)14-19-33(32)40(34)29-6-4-3-5-7-29/h8-21,29H,3-7,22H2,1-2H3,(H,42,43). The third kappa shape index (κ3) is 6.06. The number of hydrogen-bond acceptors (Lipinski definition) is 4. The van der Waals surface area contributed by atoms with Gasteiger partial charge >= 0.3 is 5.97 Å². The van der Waals surface area contributed by atoms with E-state index in [1.807, 2.05) is 72.8 Å². The van der Waals surface area contributed by atoms with Gasteiger partial charge in [0.25, 0.3) is 5.91 Å². The van der Waals surface area contributed by atoms with E-state index in [2.05, 4.69) is 4.57 Å². The van der Waals surface area contributed by atoms with Gasteiger partial charge in [-0.25, -0.2) is 9.78 Å². The molecular weight excluding hydrogens is 574 g/mol. The van der Waals surface area contributed by atoms with Crippen LogP contribution in [0.5, 0.6) is 5.75 Å². The number of carboxylic acid groups (broad SMARTS) is 1. The Labute approximate surface area is 261 Å². The Kier molecular flexibility index (Phi) is 8.40. The van der Waals surface area contributed by atoms with Crippen molar-refractivity contribution in [2.45, 2.75) is 44.8 Å². The number of carbonyl (C=O) groups excluding carboxylic acids is 1. The number of carboxylic acids is 1. The van der Waals surface area contributed by atoms with E-state index in [0.29, 0.717) is 34.5 Å². The van der Waals surface area contributed by atoms with Crippen molar-refractivity contribution in [3.8, 4) is 28.3 Å². The van der Waals surface area contributed by atoms with Crippen LogP contribution in [0.1, 0.15) is 64.4 Å². The topological polar surface area (TPSA) is 84.7 Å². The van der Waals surface area contributed by atoms with Gasteiger partial charge in [-0.3, -0.25) is 4.79 Å². The van der Waals surface area contributed by atoms with Crippen molar-refractivity contribution >= 4 is 34.5 Å². The molecule has 1 aliphatic rings. The van der Waals surface area contributed by atoms with Crippen LogP contribution in [0.2, 0.25) is 5.02 Å². The maximum atomic E-state index is 12.7. The van der Waals surface area contributed by atoms with Crippen LogP contribution in [0, 0.1) is 0 Å². The van der Waals surface area contributed by atoms with Crippen molar-refractivity contribution in [3.63, 3.8) is 0 Å². The molecule has 0 aliphatic heterocycles. The summed E-state index contributed by atoms with van der Waals surface area (Å²) in [6, 6.07) is 26.6. The molecule has 1 amide bonds. The first-order valence-electron chi connectivity index (χ1n) is 14.9. The predicted molar refractivity (Wildman–Crippen MR) is 173 cm³/mol. The van der Waals surface area contributed by atoms with E-state index in [9.17, 15) is 14.7 Å². The zero-order chi connectivity index (χ0) is 30.8. The first kappa shape index (κ1) is 29.5. The molecule has 0 atom stereocenters. The summed E-state index contributed by atoms with van der Waals surface area (Å²) in [6.45, 7) is 0.312. The summed E-state index contributed by atoms with van der Waals surface area (Å²) in [5.41, 5.74) is 6.24. The van der Waals surface area contributed by atoms with Gasteiger partial charge in [-0.05, 0) is 96.3 Å². The Morgan fingerprint density at radius 1 is 0.886 bits per heavy atom. The molecule has 7 nitrogen and oxygen atoms in total. The fraction of sp³-hybridized carbons (Fsp3) is 0.250. The van der Waals surface area contributed by atoms with E-state index in [0.717, 1.165) is 46.4 Å². The van der Waals surface area contributed by atoms with Gasteiger partial charge in [0.2, 0.25) is 0 Å². The monoisotopic (exact) mass is 607 g/mol. The molecule has 8 heteroatoms. The van der Waals surface area contributed by atoms with Crippen molar-refractivity contribution in [2.24, 2.45) is 0 Å². The molecule has 1 heterocycles. The normalized spacial score (nSPS) is 13.6. The van der Waals surface area contributed by atoms with Gasteiger partial charge in [0, 0.05) is 36.3 Å². The van der Waals surface area contributed by atoms with Gasteiger partial charge in [0.05, 0.1) is 16.6 Å². The van der Waals surface area contributed by atoms with E-state index in [1.165, 1.54) is 19.3 Å². The third-order valence-corrected chi connectivity index (χ3v) is 8.55. The van der Waals surface area contributed by atoms with Crippen molar-refractivity contribution < 1.29 is 19.4 Å². The molecule has 4 aromatic carbocycles. The molecule has 0 spiro atoms. The van der Waals surface area contributed by atoms with Gasteiger partial charge in [-0.15, -0.1) is 0 Å². The molecular formula is C36H34ClN3O4. The van der Waals surface area contributed by atoms with Crippen LogP contribution in [0.4, 0.5) is 0 Å². The first-order chi connectivity index (χ1) is 21.3. The summed E-state index contributed by atoms with van der Waals surface area (Å²) < 4.78 is 8.55. The van der Waals surface area contributed by atoms with E-state index >= 15 is 0 Å². The molecule has 0 radical (unpaired) electrons. The van der Waals surface area contributed by atoms with E-state index in [-0.39, 0.29) is 11.5 Å². The minimum absolute atomic E-state index is 0.0679. The molecule has 0 saturated heterocycles. The first-order valence-corrected chi connectivity index (χ1v) is 15.3. The Bertz CT molecular complexity index is 1820. The SMILES string of the molecule is CN(C)C(=O)c1ccc(COc2ccc(-c3nc4cc(C(=O)O)ccc4n3C3CCCCC3)cc2)c(-c2ccc(Cl)cc2)c1. The second-order valence-electron chi connectivity index (χ2n) is 11.5. The van der Waals surface area contributed by atoms with Crippen LogP contribution in [-0.4, -0.2) is 45.5 Å². The number of aromatic nitrogens is 2. The highest BCUT2D eigenvalue weighted by atomic mass is 35.5. The van der Waals surface area contributed by atoms with Gasteiger partial charge in [-0.2, -0.15) is 0 Å². The van der Waals surface area contributed by atoms with Gasteiger partial charge in [0.15, 0.2) is 0 Å². The number of nitrogens with zero attached hydrogens (tertiary/aromatic N) is 3. The molecule has 6 rings (SSSR count). The molecule has 0 unspecified atom stereocenters. The van der Waals surface area contributed by atoms with Crippen LogP contribution >= 0.6 is 11.6 Å². The van der Waals surface area contributed by atoms with Crippen LogP contribution in [-0.2, 0) is 6.61 Å². The van der Waals surface area contributed by atoms with Crippen molar-refractivity contribution in [1.29, 1.82) is 0 Å². The van der Waals surface area contributed by atoms with E-state index < -0.39 is 5.97 Å². The van der Waals surface area contributed by atoms with Crippen molar-refractivity contribution in [1.82, 2.24) is 14.5 Å². The average molecular weight is 608 g/mol. The molecule has 1 aliphatic carbocycles. The second-order valence-corrected chi connectivity index (χ2v) is 11.9. The largest absolute Gasteiger partial charge is 0.489 e. The number of imidazole rings is 1. The third-order valence-electron chi connectivity index (χ3n) is 8.30. The lowest BCUT2D eigenvalue weighted by Crippen LogP contribution is -2.21. The Balaban J connectivity index is 1.29. The highest BCUT2D eigenvalue weighted by molar-refractivity contribution is 6.30.